The molecule has 8 heteroatoms. The minimum Gasteiger partial charge on any atom is -0.361 e. The molecule has 2 aromatic carbocycles. The maximum absolute atomic E-state index is 12.4. The Bertz CT molecular complexity index is 709. The van der Waals surface area contributed by atoms with Gasteiger partial charge in [0.1, 0.15) is 6.17 Å². The van der Waals surface area contributed by atoms with E-state index in [1.54, 1.807) is 18.2 Å². The van der Waals surface area contributed by atoms with E-state index in [2.05, 4.69) is 49.2 Å². The van der Waals surface area contributed by atoms with E-state index in [0.29, 0.717) is 11.3 Å². The third-order valence-corrected chi connectivity index (χ3v) is 4.88. The Labute approximate surface area is 171 Å². The second kappa shape index (κ2) is 8.25. The number of rotatable bonds is 4. The highest BCUT2D eigenvalue weighted by atomic mass is 127. The zero-order valence-corrected chi connectivity index (χ0v) is 17.5. The van der Waals surface area contributed by atoms with E-state index in [1.165, 1.54) is 0 Å². The Kier molecular flexibility index (Phi) is 6.86. The fraction of sp³-hybridized carbons (Fsp3) is 0.133. The topological polar surface area (TPSA) is 41.1 Å². The van der Waals surface area contributed by atoms with Crippen molar-refractivity contribution in [3.63, 3.8) is 0 Å². The molecule has 23 heavy (non-hydrogen) atoms. The summed E-state index contributed by atoms with van der Waals surface area (Å²) in [5, 5.41) is 5.73. The zero-order valence-electron chi connectivity index (χ0n) is 11.5. The maximum atomic E-state index is 12.4. The Balaban J connectivity index is 2.20. The van der Waals surface area contributed by atoms with E-state index < -0.39 is 9.96 Å². The summed E-state index contributed by atoms with van der Waals surface area (Å²) in [6.07, 6.45) is -0.906. The molecule has 122 valence electrons. The highest BCUT2D eigenvalue weighted by Gasteiger charge is 2.34. The molecule has 0 aromatic heterocycles. The van der Waals surface area contributed by atoms with Crippen LogP contribution in [0.2, 0.25) is 0 Å². The summed E-state index contributed by atoms with van der Waals surface area (Å²) >= 11 is 23.5. The number of halogens is 5. The Morgan fingerprint density at radius 3 is 2.43 bits per heavy atom. The normalized spacial score (nSPS) is 12.6. The van der Waals surface area contributed by atoms with Crippen molar-refractivity contribution < 1.29 is 4.79 Å². The van der Waals surface area contributed by atoms with Crippen LogP contribution < -0.4 is 10.6 Å². The lowest BCUT2D eigenvalue weighted by Gasteiger charge is -2.28. The highest BCUT2D eigenvalue weighted by molar-refractivity contribution is 14.1. The Morgan fingerprint density at radius 2 is 1.83 bits per heavy atom. The number of benzene rings is 2. The largest absolute Gasteiger partial charge is 0.361 e. The molecule has 0 bridgehead atoms. The fourth-order valence-corrected chi connectivity index (χ4v) is 3.05. The number of amides is 1. The van der Waals surface area contributed by atoms with Gasteiger partial charge < -0.3 is 10.6 Å². The lowest BCUT2D eigenvalue weighted by molar-refractivity contribution is 0.0942. The molecule has 0 saturated heterocycles. The molecule has 0 unspecified atom stereocenters. The highest BCUT2D eigenvalue weighted by Crippen LogP contribution is 2.33. The van der Waals surface area contributed by atoms with Crippen LogP contribution in [0, 0.1) is 3.57 Å². The van der Waals surface area contributed by atoms with Crippen LogP contribution in [-0.4, -0.2) is 15.9 Å². The monoisotopic (exact) mass is 546 g/mol. The summed E-state index contributed by atoms with van der Waals surface area (Å²) in [4.78, 5) is 12.4. The zero-order chi connectivity index (χ0) is 17.0. The lowest BCUT2D eigenvalue weighted by Crippen LogP contribution is -2.49. The van der Waals surface area contributed by atoms with Crippen LogP contribution in [0.15, 0.2) is 53.0 Å². The quantitative estimate of drug-likeness (QED) is 0.297. The average Bonchev–Trinajstić information content (AvgIpc) is 2.47. The van der Waals surface area contributed by atoms with Crippen molar-refractivity contribution in [2.45, 2.75) is 9.96 Å². The van der Waals surface area contributed by atoms with Crippen molar-refractivity contribution in [1.29, 1.82) is 0 Å². The molecule has 2 N–H and O–H groups in total. The van der Waals surface area contributed by atoms with Crippen molar-refractivity contribution in [2.75, 3.05) is 5.32 Å². The minimum atomic E-state index is -1.73. The second-order valence-electron chi connectivity index (χ2n) is 4.58. The van der Waals surface area contributed by atoms with Gasteiger partial charge in [-0.25, -0.2) is 0 Å². The standard InChI is InChI=1S/C15H11BrCl3IN2O/c16-11-6-1-2-7-12(11)21-14(15(17,18)19)22-13(23)9-4-3-5-10(20)8-9/h1-8,14,21H,(H,22,23)/t14-/m0/s1. The summed E-state index contributed by atoms with van der Waals surface area (Å²) in [5.74, 6) is -0.334. The first-order valence-electron chi connectivity index (χ1n) is 6.41. The van der Waals surface area contributed by atoms with Gasteiger partial charge in [0, 0.05) is 13.6 Å². The SMILES string of the molecule is O=C(N[C@H](Nc1ccccc1Br)C(Cl)(Cl)Cl)c1cccc(I)c1. The van der Waals surface area contributed by atoms with Gasteiger partial charge in [0.25, 0.3) is 5.91 Å². The van der Waals surface area contributed by atoms with Gasteiger partial charge in [0.05, 0.1) is 5.69 Å². The van der Waals surface area contributed by atoms with Crippen molar-refractivity contribution in [1.82, 2.24) is 5.32 Å². The van der Waals surface area contributed by atoms with Gasteiger partial charge in [-0.05, 0) is 68.9 Å². The van der Waals surface area contributed by atoms with Gasteiger partial charge >= 0.3 is 0 Å². The summed E-state index contributed by atoms with van der Waals surface area (Å²) in [6.45, 7) is 0. The predicted octanol–water partition coefficient (Wildman–Crippen LogP) is 5.59. The molecule has 0 radical (unpaired) electrons. The van der Waals surface area contributed by atoms with Gasteiger partial charge in [0.15, 0.2) is 0 Å². The molecule has 0 fully saturated rings. The average molecular weight is 548 g/mol. The number of carbonyl (C=O) groups is 1. The third-order valence-electron chi connectivity index (χ3n) is 2.86. The molecule has 2 aromatic rings. The van der Waals surface area contributed by atoms with Crippen LogP contribution >= 0.6 is 73.3 Å². The van der Waals surface area contributed by atoms with Gasteiger partial charge in [-0.3, -0.25) is 4.79 Å². The number of hydrogen-bond donors (Lipinski definition) is 2. The number of alkyl halides is 3. The van der Waals surface area contributed by atoms with E-state index in [0.717, 1.165) is 8.04 Å². The van der Waals surface area contributed by atoms with Gasteiger partial charge in [-0.2, -0.15) is 0 Å². The maximum Gasteiger partial charge on any atom is 0.253 e. The van der Waals surface area contributed by atoms with E-state index in [-0.39, 0.29) is 5.91 Å². The summed E-state index contributed by atoms with van der Waals surface area (Å²) in [7, 11) is 0. The molecular formula is C15H11BrCl3IN2O. The molecule has 1 amide bonds. The van der Waals surface area contributed by atoms with E-state index in [4.69, 9.17) is 34.8 Å². The minimum absolute atomic E-state index is 0.334. The molecule has 0 saturated carbocycles. The van der Waals surface area contributed by atoms with Crippen LogP contribution in [0.3, 0.4) is 0 Å². The van der Waals surface area contributed by atoms with Crippen molar-refractivity contribution in [2.24, 2.45) is 0 Å². The molecule has 0 aliphatic heterocycles. The van der Waals surface area contributed by atoms with Crippen LogP contribution in [0.25, 0.3) is 0 Å². The first-order valence-corrected chi connectivity index (χ1v) is 9.42. The van der Waals surface area contributed by atoms with Crippen molar-refractivity contribution >= 4 is 84.9 Å². The fourth-order valence-electron chi connectivity index (χ4n) is 1.78. The van der Waals surface area contributed by atoms with Crippen LogP contribution in [0.4, 0.5) is 5.69 Å². The van der Waals surface area contributed by atoms with Crippen LogP contribution in [-0.2, 0) is 0 Å². The van der Waals surface area contributed by atoms with Crippen LogP contribution in [0.5, 0.6) is 0 Å². The third kappa shape index (κ3) is 5.67. The molecular weight excluding hydrogens is 537 g/mol. The second-order valence-corrected chi connectivity index (χ2v) is 9.05. The smallest absolute Gasteiger partial charge is 0.253 e. The number of nitrogens with one attached hydrogen (secondary N) is 2. The van der Waals surface area contributed by atoms with Gasteiger partial charge in [0.2, 0.25) is 3.79 Å². The van der Waals surface area contributed by atoms with Crippen molar-refractivity contribution in [3.05, 3.63) is 62.1 Å². The molecule has 0 aliphatic rings. The number of carbonyl (C=O) groups excluding carboxylic acids is 1. The Hall–Kier alpha value is -0.210. The van der Waals surface area contributed by atoms with E-state index in [1.807, 2.05) is 30.3 Å². The summed E-state index contributed by atoms with van der Waals surface area (Å²) in [6, 6.07) is 14.5. The molecule has 0 spiro atoms. The first-order chi connectivity index (χ1) is 10.8. The molecule has 3 nitrogen and oxygen atoms in total. The van der Waals surface area contributed by atoms with Gasteiger partial charge in [-0.1, -0.05) is 53.0 Å². The predicted molar refractivity (Wildman–Crippen MR) is 108 cm³/mol. The number of anilines is 1. The molecule has 0 aliphatic carbocycles. The van der Waals surface area contributed by atoms with Gasteiger partial charge in [-0.15, -0.1) is 0 Å². The summed E-state index contributed by atoms with van der Waals surface area (Å²) in [5.41, 5.74) is 1.19. The molecule has 2 rings (SSSR count). The summed E-state index contributed by atoms with van der Waals surface area (Å²) < 4.78 is 0.00886. The van der Waals surface area contributed by atoms with Crippen molar-refractivity contribution in [3.8, 4) is 0 Å². The number of hydrogen-bond acceptors (Lipinski definition) is 2. The number of para-hydroxylation sites is 1. The van der Waals surface area contributed by atoms with Crippen LogP contribution in [0.1, 0.15) is 10.4 Å². The van der Waals surface area contributed by atoms with E-state index in [9.17, 15) is 4.79 Å². The molecule has 1 atom stereocenters. The molecule has 0 heterocycles. The van der Waals surface area contributed by atoms with E-state index >= 15 is 0 Å². The first kappa shape index (κ1) is 19.1. The lowest BCUT2D eigenvalue weighted by atomic mass is 10.2. The Morgan fingerprint density at radius 1 is 1.13 bits per heavy atom.